The Labute approximate surface area is 93.2 Å². The number of carbonyl (C=O) groups is 1. The van der Waals surface area contributed by atoms with Crippen LogP contribution >= 0.6 is 11.8 Å². The summed E-state index contributed by atoms with van der Waals surface area (Å²) in [5.41, 5.74) is 1.10. The molecule has 1 aromatic rings. The van der Waals surface area contributed by atoms with Crippen LogP contribution in [0.2, 0.25) is 0 Å². The van der Waals surface area contributed by atoms with Crippen LogP contribution in [0.3, 0.4) is 0 Å². The van der Waals surface area contributed by atoms with Crippen molar-refractivity contribution in [1.82, 2.24) is 15.6 Å². The Morgan fingerprint density at radius 3 is 3.27 bits per heavy atom. The fraction of sp³-hybridized carbons (Fsp3) is 0.500. The van der Waals surface area contributed by atoms with Crippen LogP contribution in [0.4, 0.5) is 0 Å². The molecule has 0 spiro atoms. The molecule has 1 atom stereocenters. The van der Waals surface area contributed by atoms with Crippen molar-refractivity contribution >= 4 is 17.7 Å². The molecule has 15 heavy (non-hydrogen) atoms. The molecule has 3 N–H and O–H groups in total. The van der Waals surface area contributed by atoms with Crippen LogP contribution in [0, 0.1) is 0 Å². The van der Waals surface area contributed by atoms with Crippen LogP contribution < -0.4 is 10.6 Å². The zero-order chi connectivity index (χ0) is 10.5. The van der Waals surface area contributed by atoms with Gasteiger partial charge in [-0.2, -0.15) is 11.8 Å². The molecule has 1 saturated heterocycles. The fourth-order valence-corrected chi connectivity index (χ4v) is 2.45. The first-order valence-corrected chi connectivity index (χ1v) is 6.22. The molecule has 1 aromatic heterocycles. The van der Waals surface area contributed by atoms with Gasteiger partial charge in [0.15, 0.2) is 0 Å². The van der Waals surface area contributed by atoms with Crippen molar-refractivity contribution in [3.8, 4) is 0 Å². The maximum Gasteiger partial charge on any atom is 0.238 e. The highest BCUT2D eigenvalue weighted by atomic mass is 32.2. The molecule has 0 saturated carbocycles. The van der Waals surface area contributed by atoms with Crippen LogP contribution in [-0.4, -0.2) is 35.0 Å². The average molecular weight is 225 g/mol. The van der Waals surface area contributed by atoms with Gasteiger partial charge < -0.3 is 15.6 Å². The summed E-state index contributed by atoms with van der Waals surface area (Å²) in [7, 11) is 0. The highest BCUT2D eigenvalue weighted by molar-refractivity contribution is 7.99. The third kappa shape index (κ3) is 3.00. The molecule has 1 aliphatic rings. The van der Waals surface area contributed by atoms with Crippen molar-refractivity contribution in [3.05, 3.63) is 24.0 Å². The first-order chi connectivity index (χ1) is 7.36. The van der Waals surface area contributed by atoms with Gasteiger partial charge in [0.2, 0.25) is 5.91 Å². The average Bonchev–Trinajstić information content (AvgIpc) is 2.80. The minimum atomic E-state index is -0.0253. The Hall–Kier alpha value is -0.940. The second-order valence-electron chi connectivity index (χ2n) is 3.52. The molecule has 5 heteroatoms. The number of aromatic nitrogens is 1. The maximum atomic E-state index is 11.7. The van der Waals surface area contributed by atoms with Gasteiger partial charge in [0.05, 0.1) is 6.04 Å². The SMILES string of the molecule is O=C(NCc1cc[nH]c1)C1CSCCN1. The molecular weight excluding hydrogens is 210 g/mol. The van der Waals surface area contributed by atoms with E-state index in [1.165, 1.54) is 0 Å². The molecule has 1 aliphatic heterocycles. The highest BCUT2D eigenvalue weighted by Gasteiger charge is 2.20. The van der Waals surface area contributed by atoms with E-state index in [0.717, 1.165) is 23.6 Å². The van der Waals surface area contributed by atoms with Crippen LogP contribution in [-0.2, 0) is 11.3 Å². The first-order valence-electron chi connectivity index (χ1n) is 5.07. The number of carbonyl (C=O) groups excluding carboxylic acids is 1. The first kappa shape index (κ1) is 10.6. The molecule has 0 radical (unpaired) electrons. The van der Waals surface area contributed by atoms with E-state index in [0.29, 0.717) is 6.54 Å². The van der Waals surface area contributed by atoms with Crippen molar-refractivity contribution in [2.75, 3.05) is 18.1 Å². The molecule has 1 fully saturated rings. The van der Waals surface area contributed by atoms with Gasteiger partial charge in [-0.05, 0) is 11.6 Å². The summed E-state index contributed by atoms with van der Waals surface area (Å²) in [6.07, 6.45) is 3.75. The number of hydrogen-bond acceptors (Lipinski definition) is 3. The molecular formula is C10H15N3OS. The molecule has 2 heterocycles. The Kier molecular flexibility index (Phi) is 3.69. The van der Waals surface area contributed by atoms with E-state index >= 15 is 0 Å². The standard InChI is InChI=1S/C10H15N3OS/c14-10(9-7-15-4-3-12-9)13-6-8-1-2-11-5-8/h1-2,5,9,11-12H,3-4,6-7H2,(H,13,14). The number of H-pyrrole nitrogens is 1. The van der Waals surface area contributed by atoms with Gasteiger partial charge in [-0.15, -0.1) is 0 Å². The van der Waals surface area contributed by atoms with Crippen molar-refractivity contribution < 1.29 is 4.79 Å². The van der Waals surface area contributed by atoms with Crippen LogP contribution in [0.25, 0.3) is 0 Å². The van der Waals surface area contributed by atoms with Crippen molar-refractivity contribution in [1.29, 1.82) is 0 Å². The summed E-state index contributed by atoms with van der Waals surface area (Å²) >= 11 is 1.83. The van der Waals surface area contributed by atoms with E-state index in [2.05, 4.69) is 15.6 Å². The van der Waals surface area contributed by atoms with Gasteiger partial charge in [0, 0.05) is 37.0 Å². The predicted molar refractivity (Wildman–Crippen MR) is 61.8 cm³/mol. The third-order valence-electron chi connectivity index (χ3n) is 2.37. The van der Waals surface area contributed by atoms with Gasteiger partial charge in [-0.25, -0.2) is 0 Å². The molecule has 2 rings (SSSR count). The Morgan fingerprint density at radius 2 is 2.60 bits per heavy atom. The Balaban J connectivity index is 1.76. The summed E-state index contributed by atoms with van der Waals surface area (Å²) in [5.74, 6) is 2.07. The number of amides is 1. The molecule has 0 bridgehead atoms. The van der Waals surface area contributed by atoms with Gasteiger partial charge in [-0.3, -0.25) is 4.79 Å². The Bertz CT molecular complexity index is 306. The molecule has 82 valence electrons. The number of rotatable bonds is 3. The molecule has 1 amide bonds. The van der Waals surface area contributed by atoms with Gasteiger partial charge in [0.25, 0.3) is 0 Å². The molecule has 1 unspecified atom stereocenters. The number of nitrogens with one attached hydrogen (secondary N) is 3. The minimum Gasteiger partial charge on any atom is -0.367 e. The third-order valence-corrected chi connectivity index (χ3v) is 3.43. The van der Waals surface area contributed by atoms with Crippen molar-refractivity contribution in [2.24, 2.45) is 0 Å². The van der Waals surface area contributed by atoms with Crippen LogP contribution in [0.1, 0.15) is 5.56 Å². The number of hydrogen-bond donors (Lipinski definition) is 3. The van der Waals surface area contributed by atoms with E-state index in [-0.39, 0.29) is 11.9 Å². The van der Waals surface area contributed by atoms with Crippen molar-refractivity contribution in [3.63, 3.8) is 0 Å². The highest BCUT2D eigenvalue weighted by Crippen LogP contribution is 2.07. The van der Waals surface area contributed by atoms with Crippen LogP contribution in [0.5, 0.6) is 0 Å². The summed E-state index contributed by atoms with van der Waals surface area (Å²) in [6.45, 7) is 1.53. The quantitative estimate of drug-likeness (QED) is 0.695. The van der Waals surface area contributed by atoms with Gasteiger partial charge in [0.1, 0.15) is 0 Å². The second kappa shape index (κ2) is 5.23. The lowest BCUT2D eigenvalue weighted by Crippen LogP contribution is -2.48. The predicted octanol–water partition coefficient (Wildman–Crippen LogP) is 0.336. The molecule has 0 aromatic carbocycles. The van der Waals surface area contributed by atoms with E-state index in [4.69, 9.17) is 0 Å². The summed E-state index contributed by atoms with van der Waals surface area (Å²) < 4.78 is 0. The monoisotopic (exact) mass is 225 g/mol. The normalized spacial score (nSPS) is 21.2. The summed E-state index contributed by atoms with van der Waals surface area (Å²) in [4.78, 5) is 14.7. The fourth-order valence-electron chi connectivity index (χ4n) is 1.51. The van der Waals surface area contributed by atoms with Crippen LogP contribution in [0.15, 0.2) is 18.5 Å². The van der Waals surface area contributed by atoms with E-state index in [1.54, 1.807) is 0 Å². The lowest BCUT2D eigenvalue weighted by Gasteiger charge is -2.22. The zero-order valence-electron chi connectivity index (χ0n) is 8.45. The smallest absolute Gasteiger partial charge is 0.238 e. The summed E-state index contributed by atoms with van der Waals surface area (Å²) in [5, 5.41) is 6.13. The largest absolute Gasteiger partial charge is 0.367 e. The molecule has 0 aliphatic carbocycles. The van der Waals surface area contributed by atoms with E-state index in [1.807, 2.05) is 30.2 Å². The summed E-state index contributed by atoms with van der Waals surface area (Å²) in [6, 6.07) is 1.94. The number of thioether (sulfide) groups is 1. The number of aromatic amines is 1. The van der Waals surface area contributed by atoms with Gasteiger partial charge >= 0.3 is 0 Å². The van der Waals surface area contributed by atoms with E-state index < -0.39 is 0 Å². The second-order valence-corrected chi connectivity index (χ2v) is 4.67. The molecule has 4 nitrogen and oxygen atoms in total. The Morgan fingerprint density at radius 1 is 1.67 bits per heavy atom. The van der Waals surface area contributed by atoms with Crippen molar-refractivity contribution in [2.45, 2.75) is 12.6 Å². The topological polar surface area (TPSA) is 56.9 Å². The lowest BCUT2D eigenvalue weighted by atomic mass is 10.3. The van der Waals surface area contributed by atoms with E-state index in [9.17, 15) is 4.79 Å². The minimum absolute atomic E-state index is 0.0253. The lowest BCUT2D eigenvalue weighted by molar-refractivity contribution is -0.122. The van der Waals surface area contributed by atoms with Gasteiger partial charge in [-0.1, -0.05) is 0 Å². The zero-order valence-corrected chi connectivity index (χ0v) is 9.27. The maximum absolute atomic E-state index is 11.7.